The zero-order valence-corrected chi connectivity index (χ0v) is 25.5. The lowest BCUT2D eigenvalue weighted by molar-refractivity contribution is -0.123. The number of hydrogen-bond donors (Lipinski definition) is 0. The summed E-state index contributed by atoms with van der Waals surface area (Å²) in [7, 11) is 0. The first-order valence-corrected chi connectivity index (χ1v) is 15.6. The lowest BCUT2D eigenvalue weighted by Gasteiger charge is -2.19. The fourth-order valence-corrected chi connectivity index (χ4v) is 7.45. The number of amides is 2. The second-order valence-corrected chi connectivity index (χ2v) is 12.5. The molecule has 1 saturated carbocycles. The molecule has 2 fully saturated rings. The van der Waals surface area contributed by atoms with Crippen molar-refractivity contribution in [2.75, 3.05) is 4.90 Å². The number of imide groups is 1. The molecule has 2 heterocycles. The smallest absolute Gasteiger partial charge is 0.339 e. The Hall–Kier alpha value is -4.91. The van der Waals surface area contributed by atoms with E-state index in [9.17, 15) is 19.2 Å². The molecule has 2 bridgehead atoms. The van der Waals surface area contributed by atoms with Crippen LogP contribution in [0.4, 0.5) is 5.69 Å². The number of carbonyl (C=O) groups excluding carboxylic acids is 4. The van der Waals surface area contributed by atoms with Gasteiger partial charge in [-0.2, -0.15) is 0 Å². The summed E-state index contributed by atoms with van der Waals surface area (Å²) in [6.07, 6.45) is 3.22. The zero-order chi connectivity index (χ0) is 31.4. The SMILES string of the molecule is CCCC(OC(=O)c1cc(-c2ccc(N3C(=O)C4C5C=C(C)C(C5)C4C3=O)cc2)nc2ccc(C)cc12)C(=O)c1ccccc1. The highest BCUT2D eigenvalue weighted by molar-refractivity contribution is 6.23. The number of pyridine rings is 1. The molecule has 2 aliphatic carbocycles. The number of esters is 1. The molecule has 4 aromatic rings. The Balaban J connectivity index is 1.19. The Kier molecular flexibility index (Phi) is 7.19. The predicted octanol–water partition coefficient (Wildman–Crippen LogP) is 7.12. The molecule has 3 aromatic carbocycles. The van der Waals surface area contributed by atoms with Crippen molar-refractivity contribution in [1.29, 1.82) is 0 Å². The molecule has 5 atom stereocenters. The second kappa shape index (κ2) is 11.2. The number of aryl methyl sites for hydroxylation is 1. The lowest BCUT2D eigenvalue weighted by atomic mass is 9.82. The van der Waals surface area contributed by atoms with Crippen LogP contribution in [0.3, 0.4) is 0 Å². The number of anilines is 1. The van der Waals surface area contributed by atoms with E-state index in [1.165, 1.54) is 10.5 Å². The molecular weight excluding hydrogens is 564 g/mol. The third kappa shape index (κ3) is 4.87. The maximum absolute atomic E-state index is 13.8. The summed E-state index contributed by atoms with van der Waals surface area (Å²) in [5.41, 5.74) is 5.42. The van der Waals surface area contributed by atoms with Gasteiger partial charge in [-0.15, -0.1) is 0 Å². The quantitative estimate of drug-likeness (QED) is 0.0928. The van der Waals surface area contributed by atoms with Crippen LogP contribution in [0.2, 0.25) is 0 Å². The maximum atomic E-state index is 13.8. The van der Waals surface area contributed by atoms with Gasteiger partial charge in [-0.05, 0) is 68.9 Å². The van der Waals surface area contributed by atoms with Crippen LogP contribution >= 0.6 is 0 Å². The number of fused-ring (bicyclic) bond motifs is 6. The number of Topliss-reactive ketones (excluding diaryl/α,β-unsaturated/α-hetero) is 1. The van der Waals surface area contributed by atoms with Crippen molar-refractivity contribution in [1.82, 2.24) is 4.98 Å². The molecule has 1 aliphatic heterocycles. The van der Waals surface area contributed by atoms with E-state index in [0.29, 0.717) is 46.3 Å². The van der Waals surface area contributed by atoms with Gasteiger partial charge in [-0.25, -0.2) is 9.78 Å². The summed E-state index contributed by atoms with van der Waals surface area (Å²) in [6, 6.07) is 23.4. The second-order valence-electron chi connectivity index (χ2n) is 12.5. The molecule has 7 heteroatoms. The van der Waals surface area contributed by atoms with Gasteiger partial charge in [0.25, 0.3) is 0 Å². The van der Waals surface area contributed by atoms with Gasteiger partial charge in [-0.3, -0.25) is 19.3 Å². The third-order valence-electron chi connectivity index (χ3n) is 9.64. The minimum absolute atomic E-state index is 0.117. The first-order chi connectivity index (χ1) is 21.7. The molecule has 0 N–H and O–H groups in total. The van der Waals surface area contributed by atoms with Gasteiger partial charge < -0.3 is 4.74 Å². The number of benzene rings is 3. The normalized spacial score (nSPS) is 22.5. The highest BCUT2D eigenvalue weighted by Crippen LogP contribution is 2.56. The number of aromatic nitrogens is 1. The monoisotopic (exact) mass is 598 g/mol. The molecule has 2 amide bonds. The highest BCUT2D eigenvalue weighted by Gasteiger charge is 2.60. The van der Waals surface area contributed by atoms with Gasteiger partial charge >= 0.3 is 5.97 Å². The average Bonchev–Trinajstić information content (AvgIpc) is 3.69. The summed E-state index contributed by atoms with van der Waals surface area (Å²) in [5, 5.41) is 0.640. The van der Waals surface area contributed by atoms with Gasteiger partial charge in [-0.1, -0.05) is 79.1 Å². The van der Waals surface area contributed by atoms with Crippen molar-refractivity contribution in [3.8, 4) is 11.3 Å². The molecule has 0 spiro atoms. The zero-order valence-electron chi connectivity index (χ0n) is 25.5. The van der Waals surface area contributed by atoms with Crippen molar-refractivity contribution >= 4 is 40.2 Å². The van der Waals surface area contributed by atoms with Crippen LogP contribution in [0.25, 0.3) is 22.2 Å². The molecule has 7 rings (SSSR count). The minimum atomic E-state index is -0.912. The molecule has 226 valence electrons. The van der Waals surface area contributed by atoms with Crippen molar-refractivity contribution in [2.45, 2.75) is 46.1 Å². The molecule has 1 saturated heterocycles. The van der Waals surface area contributed by atoms with Gasteiger partial charge in [0.05, 0.1) is 34.3 Å². The number of ketones is 1. The number of carbonyl (C=O) groups is 4. The van der Waals surface area contributed by atoms with Crippen LogP contribution in [-0.4, -0.2) is 34.7 Å². The molecule has 0 radical (unpaired) electrons. The molecule has 1 aromatic heterocycles. The van der Waals surface area contributed by atoms with Crippen LogP contribution in [0.5, 0.6) is 0 Å². The molecule has 5 unspecified atom stereocenters. The molecule has 7 nitrogen and oxygen atoms in total. The van der Waals surface area contributed by atoms with Crippen molar-refractivity contribution in [3.63, 3.8) is 0 Å². The molecule has 45 heavy (non-hydrogen) atoms. The van der Waals surface area contributed by atoms with E-state index in [4.69, 9.17) is 9.72 Å². The van der Waals surface area contributed by atoms with E-state index in [1.54, 1.807) is 42.5 Å². The Labute approximate surface area is 261 Å². The van der Waals surface area contributed by atoms with Crippen molar-refractivity contribution in [2.24, 2.45) is 23.7 Å². The number of rotatable bonds is 8. The number of hydrogen-bond acceptors (Lipinski definition) is 6. The number of allylic oxidation sites excluding steroid dienone is 2. The van der Waals surface area contributed by atoms with Crippen LogP contribution in [0.15, 0.2) is 90.5 Å². The maximum Gasteiger partial charge on any atom is 0.339 e. The average molecular weight is 599 g/mol. The largest absolute Gasteiger partial charge is 0.450 e. The topological polar surface area (TPSA) is 93.6 Å². The van der Waals surface area contributed by atoms with E-state index in [-0.39, 0.29) is 41.3 Å². The summed E-state index contributed by atoms with van der Waals surface area (Å²) >= 11 is 0. The molecular formula is C38H34N2O5. The minimum Gasteiger partial charge on any atom is -0.450 e. The van der Waals surface area contributed by atoms with Crippen LogP contribution < -0.4 is 4.90 Å². The van der Waals surface area contributed by atoms with E-state index >= 15 is 0 Å². The van der Waals surface area contributed by atoms with Crippen LogP contribution in [0.1, 0.15) is 59.4 Å². The fraction of sp³-hybridized carbons (Fsp3) is 0.289. The summed E-state index contributed by atoms with van der Waals surface area (Å²) < 4.78 is 5.91. The van der Waals surface area contributed by atoms with Crippen LogP contribution in [-0.2, 0) is 14.3 Å². The van der Waals surface area contributed by atoms with Gasteiger partial charge in [0.2, 0.25) is 17.6 Å². The van der Waals surface area contributed by atoms with Gasteiger partial charge in [0, 0.05) is 16.5 Å². The van der Waals surface area contributed by atoms with E-state index in [2.05, 4.69) is 13.0 Å². The summed E-state index contributed by atoms with van der Waals surface area (Å²) in [5.74, 6) is -1.30. The number of nitrogens with zero attached hydrogens (tertiary/aromatic N) is 2. The standard InChI is InChI=1S/C38H34N2O5/c1-4-8-32(35(41)24-9-6-5-7-10-24)45-38(44)29-20-31(39-30-16-11-21(2)17-28(29)30)23-12-14-26(15-13-23)40-36(42)33-25-18-22(3)27(19-25)34(33)37(40)43/h5-7,9-18,20,25,27,32-34H,4,8,19H2,1-3H3. The third-order valence-corrected chi connectivity index (χ3v) is 9.64. The Morgan fingerprint density at radius 3 is 2.40 bits per heavy atom. The Morgan fingerprint density at radius 1 is 0.933 bits per heavy atom. The van der Waals surface area contributed by atoms with Crippen molar-refractivity contribution in [3.05, 3.63) is 107 Å². The summed E-state index contributed by atoms with van der Waals surface area (Å²) in [6.45, 7) is 5.95. The van der Waals surface area contributed by atoms with Gasteiger partial charge in [0.15, 0.2) is 6.10 Å². The van der Waals surface area contributed by atoms with Crippen LogP contribution in [0, 0.1) is 30.6 Å². The molecule has 3 aliphatic rings. The lowest BCUT2D eigenvalue weighted by Crippen LogP contribution is -2.32. The first-order valence-electron chi connectivity index (χ1n) is 15.6. The van der Waals surface area contributed by atoms with Crippen molar-refractivity contribution < 1.29 is 23.9 Å². The predicted molar refractivity (Wildman–Crippen MR) is 172 cm³/mol. The van der Waals surface area contributed by atoms with E-state index in [1.807, 2.05) is 50.2 Å². The Bertz CT molecular complexity index is 1900. The van der Waals surface area contributed by atoms with Gasteiger partial charge in [0.1, 0.15) is 0 Å². The summed E-state index contributed by atoms with van der Waals surface area (Å²) in [4.78, 5) is 60.1. The first kappa shape index (κ1) is 28.8. The van der Waals surface area contributed by atoms with E-state index < -0.39 is 12.1 Å². The number of ether oxygens (including phenoxy) is 1. The van der Waals surface area contributed by atoms with E-state index in [0.717, 1.165) is 17.5 Å². The Morgan fingerprint density at radius 2 is 1.67 bits per heavy atom. The highest BCUT2D eigenvalue weighted by atomic mass is 16.5. The fourth-order valence-electron chi connectivity index (χ4n) is 7.45.